The van der Waals surface area contributed by atoms with Crippen molar-refractivity contribution >= 4 is 22.6 Å². The summed E-state index contributed by atoms with van der Waals surface area (Å²) in [7, 11) is 0. The minimum absolute atomic E-state index is 0.425. The van der Waals surface area contributed by atoms with Crippen LogP contribution in [0.4, 0.5) is 0 Å². The average Bonchev–Trinajstić information content (AvgIpc) is 2.78. The van der Waals surface area contributed by atoms with E-state index in [1.54, 1.807) is 0 Å². The summed E-state index contributed by atoms with van der Waals surface area (Å²) >= 11 is 2.52. The minimum Gasteiger partial charge on any atom is -0.396 e. The largest absolute Gasteiger partial charge is 0.396 e. The summed E-state index contributed by atoms with van der Waals surface area (Å²) in [5.74, 6) is 2.47. The summed E-state index contributed by atoms with van der Waals surface area (Å²) in [6.45, 7) is 0.425. The van der Waals surface area contributed by atoms with E-state index in [9.17, 15) is 0 Å². The third-order valence-electron chi connectivity index (χ3n) is 3.54. The lowest BCUT2D eigenvalue weighted by molar-refractivity contribution is 0.241. The Kier molecular flexibility index (Phi) is 2.95. The van der Waals surface area contributed by atoms with Crippen molar-refractivity contribution in [3.8, 4) is 0 Å². The monoisotopic (exact) mass is 280 g/mol. The number of alkyl halides is 1. The Morgan fingerprint density at radius 1 is 1.17 bits per heavy atom. The van der Waals surface area contributed by atoms with Gasteiger partial charge in [0.05, 0.1) is 0 Å². The molecular weight excluding hydrogens is 263 g/mol. The van der Waals surface area contributed by atoms with Crippen molar-refractivity contribution in [1.82, 2.24) is 0 Å². The van der Waals surface area contributed by atoms with E-state index in [2.05, 4.69) is 22.6 Å². The highest BCUT2D eigenvalue weighted by molar-refractivity contribution is 14.1. The number of rotatable bonds is 2. The number of aliphatic hydroxyl groups excluding tert-OH is 1. The summed E-state index contributed by atoms with van der Waals surface area (Å²) in [5.41, 5.74) is 0. The van der Waals surface area contributed by atoms with E-state index in [0.29, 0.717) is 12.5 Å². The van der Waals surface area contributed by atoms with E-state index in [1.165, 1.54) is 32.1 Å². The first-order valence-electron chi connectivity index (χ1n) is 5.09. The Hall–Kier alpha value is 0.690. The summed E-state index contributed by atoms with van der Waals surface area (Å²) < 4.78 is 0.788. The van der Waals surface area contributed by atoms with Crippen LogP contribution in [-0.4, -0.2) is 15.6 Å². The number of halogens is 1. The fraction of sp³-hybridized carbons (Fsp3) is 1.00. The predicted octanol–water partition coefficient (Wildman–Crippen LogP) is 2.61. The van der Waals surface area contributed by atoms with Crippen LogP contribution in [0.3, 0.4) is 0 Å². The van der Waals surface area contributed by atoms with Crippen molar-refractivity contribution in [1.29, 1.82) is 0 Å². The normalized spacial score (nSPS) is 43.0. The number of hydrogen-bond donors (Lipinski definition) is 1. The molecule has 2 aliphatic rings. The van der Waals surface area contributed by atoms with Crippen LogP contribution in [0.15, 0.2) is 0 Å². The van der Waals surface area contributed by atoms with Crippen molar-refractivity contribution in [2.45, 2.75) is 36.0 Å². The van der Waals surface area contributed by atoms with E-state index in [4.69, 9.17) is 5.11 Å². The van der Waals surface area contributed by atoms with E-state index in [0.717, 1.165) is 15.8 Å². The molecule has 2 fully saturated rings. The molecule has 3 atom stereocenters. The third-order valence-corrected chi connectivity index (χ3v) is 5.29. The summed E-state index contributed by atoms with van der Waals surface area (Å²) in [6.07, 6.45) is 7.17. The molecule has 0 saturated heterocycles. The lowest BCUT2D eigenvalue weighted by Crippen LogP contribution is -2.10. The Morgan fingerprint density at radius 3 is 2.33 bits per heavy atom. The fourth-order valence-electron chi connectivity index (χ4n) is 2.71. The molecule has 0 spiro atoms. The Labute approximate surface area is 88.1 Å². The molecule has 2 saturated carbocycles. The van der Waals surface area contributed by atoms with Crippen molar-refractivity contribution in [2.24, 2.45) is 17.8 Å². The molecule has 1 nitrogen and oxygen atoms in total. The van der Waals surface area contributed by atoms with Gasteiger partial charge >= 0.3 is 0 Å². The van der Waals surface area contributed by atoms with Gasteiger partial charge in [-0.2, -0.15) is 0 Å². The zero-order valence-corrected chi connectivity index (χ0v) is 9.53. The first-order chi connectivity index (χ1) is 5.84. The van der Waals surface area contributed by atoms with Gasteiger partial charge in [0.1, 0.15) is 0 Å². The van der Waals surface area contributed by atoms with E-state index in [1.807, 2.05) is 0 Å². The molecule has 2 rings (SSSR count). The van der Waals surface area contributed by atoms with Gasteiger partial charge in [-0.3, -0.25) is 0 Å². The Morgan fingerprint density at radius 2 is 1.83 bits per heavy atom. The van der Waals surface area contributed by atoms with Gasteiger partial charge in [-0.25, -0.2) is 0 Å². The average molecular weight is 280 g/mol. The molecular formula is C10H17IO. The van der Waals surface area contributed by atoms with E-state index in [-0.39, 0.29) is 0 Å². The molecule has 0 aliphatic heterocycles. The van der Waals surface area contributed by atoms with Crippen LogP contribution in [-0.2, 0) is 0 Å². The van der Waals surface area contributed by atoms with Crippen molar-refractivity contribution < 1.29 is 5.11 Å². The van der Waals surface area contributed by atoms with Gasteiger partial charge in [0.25, 0.3) is 0 Å². The second-order valence-electron chi connectivity index (χ2n) is 4.27. The SMILES string of the molecule is OC[C@H]1[C@H](I)[C@@H]1C1CCCCC1. The molecule has 0 aromatic heterocycles. The van der Waals surface area contributed by atoms with Gasteiger partial charge in [-0.1, -0.05) is 54.7 Å². The molecule has 0 bridgehead atoms. The van der Waals surface area contributed by atoms with Gasteiger partial charge in [0, 0.05) is 10.5 Å². The standard InChI is InChI=1S/C10H17IO/c11-10-8(6-12)9(10)7-4-2-1-3-5-7/h7-10,12H,1-6H2/t8-,9-,10+/m1/s1. The number of aliphatic hydroxyl groups is 1. The Bertz CT molecular complexity index is 154. The van der Waals surface area contributed by atoms with Crippen molar-refractivity contribution in [2.75, 3.05) is 6.61 Å². The lowest BCUT2D eigenvalue weighted by Gasteiger charge is -2.21. The van der Waals surface area contributed by atoms with Crippen LogP contribution in [0.2, 0.25) is 0 Å². The first-order valence-corrected chi connectivity index (χ1v) is 6.34. The van der Waals surface area contributed by atoms with Gasteiger partial charge in [-0.15, -0.1) is 0 Å². The maximum absolute atomic E-state index is 9.07. The van der Waals surface area contributed by atoms with Gasteiger partial charge < -0.3 is 5.11 Å². The second kappa shape index (κ2) is 3.82. The maximum atomic E-state index is 9.07. The summed E-state index contributed by atoms with van der Waals surface area (Å²) in [5, 5.41) is 9.07. The highest BCUT2D eigenvalue weighted by Gasteiger charge is 2.51. The van der Waals surface area contributed by atoms with Crippen LogP contribution >= 0.6 is 22.6 Å². The molecule has 2 aliphatic carbocycles. The van der Waals surface area contributed by atoms with Gasteiger partial charge in [0.2, 0.25) is 0 Å². The third kappa shape index (κ3) is 1.65. The second-order valence-corrected chi connectivity index (χ2v) is 5.70. The van der Waals surface area contributed by atoms with E-state index >= 15 is 0 Å². The molecule has 70 valence electrons. The minimum atomic E-state index is 0.425. The lowest BCUT2D eigenvalue weighted by atomic mass is 9.85. The molecule has 0 amide bonds. The van der Waals surface area contributed by atoms with Crippen LogP contribution in [0.5, 0.6) is 0 Å². The molecule has 0 radical (unpaired) electrons. The Balaban J connectivity index is 1.85. The van der Waals surface area contributed by atoms with E-state index < -0.39 is 0 Å². The van der Waals surface area contributed by atoms with Gasteiger partial charge in [-0.05, 0) is 17.8 Å². The van der Waals surface area contributed by atoms with Crippen LogP contribution < -0.4 is 0 Å². The smallest absolute Gasteiger partial charge is 0.0472 e. The summed E-state index contributed by atoms with van der Waals surface area (Å²) in [6, 6.07) is 0. The highest BCUT2D eigenvalue weighted by atomic mass is 127. The first kappa shape index (κ1) is 9.25. The molecule has 1 N–H and O–H groups in total. The fourth-order valence-corrected chi connectivity index (χ4v) is 4.30. The molecule has 12 heavy (non-hydrogen) atoms. The highest BCUT2D eigenvalue weighted by Crippen LogP contribution is 2.53. The molecule has 0 aromatic rings. The van der Waals surface area contributed by atoms with Gasteiger partial charge in [0.15, 0.2) is 0 Å². The maximum Gasteiger partial charge on any atom is 0.0472 e. The van der Waals surface area contributed by atoms with Crippen LogP contribution in [0, 0.1) is 17.8 Å². The van der Waals surface area contributed by atoms with Crippen LogP contribution in [0.25, 0.3) is 0 Å². The van der Waals surface area contributed by atoms with Crippen LogP contribution in [0.1, 0.15) is 32.1 Å². The zero-order chi connectivity index (χ0) is 8.55. The predicted molar refractivity (Wildman–Crippen MR) is 58.4 cm³/mol. The molecule has 2 heteroatoms. The molecule has 0 heterocycles. The summed E-state index contributed by atoms with van der Waals surface area (Å²) in [4.78, 5) is 0. The zero-order valence-electron chi connectivity index (χ0n) is 7.38. The van der Waals surface area contributed by atoms with Crippen molar-refractivity contribution in [3.63, 3.8) is 0 Å². The number of hydrogen-bond acceptors (Lipinski definition) is 1. The van der Waals surface area contributed by atoms with Crippen molar-refractivity contribution in [3.05, 3.63) is 0 Å². The topological polar surface area (TPSA) is 20.2 Å². The quantitative estimate of drug-likeness (QED) is 0.609. The molecule has 0 aromatic carbocycles. The molecule has 0 unspecified atom stereocenters.